The minimum Gasteiger partial charge on any atom is -0.489 e. The number of thioether (sulfide) groups is 1. The van der Waals surface area contributed by atoms with Crippen LogP contribution >= 0.6 is 11.8 Å². The summed E-state index contributed by atoms with van der Waals surface area (Å²) in [6, 6.07) is 8.79. The Kier molecular flexibility index (Phi) is 10.3. The first-order chi connectivity index (χ1) is 21.6. The zero-order chi connectivity index (χ0) is 32.0. The van der Waals surface area contributed by atoms with Crippen LogP contribution in [0.1, 0.15) is 22.3 Å². The van der Waals surface area contributed by atoms with Gasteiger partial charge in [-0.2, -0.15) is 13.2 Å². The molecule has 3 aliphatic heterocycles. The molecule has 2 atom stereocenters. The normalized spacial score (nSPS) is 20.8. The van der Waals surface area contributed by atoms with Crippen molar-refractivity contribution in [2.75, 3.05) is 63.7 Å². The summed E-state index contributed by atoms with van der Waals surface area (Å²) in [6.07, 6.45) is 3.74. The van der Waals surface area contributed by atoms with Gasteiger partial charge in [0.15, 0.2) is 0 Å². The van der Waals surface area contributed by atoms with Crippen molar-refractivity contribution in [1.82, 2.24) is 19.9 Å². The highest BCUT2D eigenvalue weighted by molar-refractivity contribution is 8.00. The van der Waals surface area contributed by atoms with Gasteiger partial charge in [0.25, 0.3) is 5.91 Å². The highest BCUT2D eigenvalue weighted by Gasteiger charge is 2.34. The number of pyridine rings is 1. The molecule has 6 rings (SSSR count). The highest BCUT2D eigenvalue weighted by atomic mass is 32.2. The number of alkyl halides is 4. The molecule has 10 nitrogen and oxygen atoms in total. The Labute approximate surface area is 261 Å². The van der Waals surface area contributed by atoms with Gasteiger partial charge in [-0.3, -0.25) is 4.79 Å². The minimum atomic E-state index is -4.54. The molecule has 45 heavy (non-hydrogen) atoms. The molecule has 3 aliphatic rings. The zero-order valence-corrected chi connectivity index (χ0v) is 25.3. The summed E-state index contributed by atoms with van der Waals surface area (Å²) >= 11 is -0.227. The van der Waals surface area contributed by atoms with Crippen LogP contribution in [0.15, 0.2) is 53.7 Å². The molecule has 4 N–H and O–H groups in total. The number of benzene rings is 1. The molecular formula is C30H34F4N6O4S. The van der Waals surface area contributed by atoms with Crippen molar-refractivity contribution in [2.45, 2.75) is 29.2 Å². The van der Waals surface area contributed by atoms with Crippen molar-refractivity contribution in [3.63, 3.8) is 0 Å². The lowest BCUT2D eigenvalue weighted by Gasteiger charge is -2.35. The van der Waals surface area contributed by atoms with Gasteiger partial charge in [-0.1, -0.05) is 12.2 Å². The Bertz CT molecular complexity index is 1550. The number of nitrogens with zero attached hydrogens (tertiary/aromatic N) is 2. The number of amides is 3. The molecule has 3 aromatic rings. The summed E-state index contributed by atoms with van der Waals surface area (Å²) in [7, 11) is 1.52. The Morgan fingerprint density at radius 3 is 2.73 bits per heavy atom. The molecule has 0 unspecified atom stereocenters. The number of halogens is 4. The van der Waals surface area contributed by atoms with Gasteiger partial charge in [0.1, 0.15) is 18.5 Å². The van der Waals surface area contributed by atoms with Gasteiger partial charge in [0.05, 0.1) is 47.7 Å². The number of anilines is 2. The van der Waals surface area contributed by atoms with E-state index < -0.39 is 23.8 Å². The number of piperidine rings is 1. The van der Waals surface area contributed by atoms with Gasteiger partial charge in [0.2, 0.25) is 0 Å². The zero-order valence-electron chi connectivity index (χ0n) is 24.5. The lowest BCUT2D eigenvalue weighted by molar-refractivity contribution is -0.0329. The summed E-state index contributed by atoms with van der Waals surface area (Å²) in [5.41, 5.74) is -2.31. The topological polar surface area (TPSA) is 108 Å². The van der Waals surface area contributed by atoms with E-state index in [-0.39, 0.29) is 62.1 Å². The molecule has 2 aromatic heterocycles. The van der Waals surface area contributed by atoms with Crippen molar-refractivity contribution < 1.29 is 36.6 Å². The Morgan fingerprint density at radius 1 is 1.11 bits per heavy atom. The molecule has 4 bridgehead atoms. The van der Waals surface area contributed by atoms with Crippen LogP contribution in [0.3, 0.4) is 0 Å². The predicted molar refractivity (Wildman–Crippen MR) is 165 cm³/mol. The van der Waals surface area contributed by atoms with E-state index in [0.717, 1.165) is 0 Å². The number of nitrogens with one attached hydrogen (secondary N) is 4. The fraction of sp³-hybridized carbons (Fsp3) is 0.400. The fourth-order valence-corrected chi connectivity index (χ4v) is 5.91. The van der Waals surface area contributed by atoms with Crippen LogP contribution < -0.4 is 26.0 Å². The summed E-state index contributed by atoms with van der Waals surface area (Å²) in [5, 5.41) is 11.6. The molecule has 0 spiro atoms. The molecule has 1 aromatic carbocycles. The molecule has 15 heteroatoms. The van der Waals surface area contributed by atoms with Gasteiger partial charge >= 0.3 is 11.5 Å². The van der Waals surface area contributed by atoms with Gasteiger partial charge in [0, 0.05) is 55.8 Å². The monoisotopic (exact) mass is 650 g/mol. The second kappa shape index (κ2) is 14.3. The maximum absolute atomic E-state index is 15.3. The van der Waals surface area contributed by atoms with Gasteiger partial charge < -0.3 is 40.0 Å². The molecule has 0 saturated carbocycles. The number of fused-ring (bicyclic) bond motifs is 11. The van der Waals surface area contributed by atoms with E-state index in [1.54, 1.807) is 48.6 Å². The van der Waals surface area contributed by atoms with Gasteiger partial charge in [-0.05, 0) is 42.8 Å². The van der Waals surface area contributed by atoms with Crippen LogP contribution in [0.25, 0.3) is 11.6 Å². The van der Waals surface area contributed by atoms with Gasteiger partial charge in [-0.25, -0.2) is 9.18 Å². The van der Waals surface area contributed by atoms with Crippen LogP contribution in [0.2, 0.25) is 0 Å². The average molecular weight is 651 g/mol. The molecule has 5 heterocycles. The second-order valence-electron chi connectivity index (χ2n) is 10.4. The van der Waals surface area contributed by atoms with E-state index >= 15 is 4.39 Å². The summed E-state index contributed by atoms with van der Waals surface area (Å²) in [6.45, 7) is 1.20. The van der Waals surface area contributed by atoms with Crippen molar-refractivity contribution in [1.29, 1.82) is 0 Å². The van der Waals surface area contributed by atoms with Crippen molar-refractivity contribution in [2.24, 2.45) is 0 Å². The minimum absolute atomic E-state index is 0.0332. The first-order valence-corrected chi connectivity index (χ1v) is 15.2. The summed E-state index contributed by atoms with van der Waals surface area (Å²) in [5.74, 6) is 0.0952. The molecular weight excluding hydrogens is 616 g/mol. The maximum atomic E-state index is 15.3. The maximum Gasteiger partial charge on any atom is 0.447 e. The number of hydrogen-bond donors (Lipinski definition) is 4. The van der Waals surface area contributed by atoms with Crippen LogP contribution in [0.4, 0.5) is 33.7 Å². The Hall–Kier alpha value is -4.11. The third-order valence-corrected chi connectivity index (χ3v) is 8.22. The number of ether oxygens (including phenoxy) is 2. The SMILES string of the molecule is CNC(=O)c1ccc2c(c1)OCCOCCNC(=O)N1CC[C@@H](Nc3cccn4c(SC(F)(F)F)c(cc34)/C=C\CN2)[C@@H](F)C1. The van der Waals surface area contributed by atoms with Crippen LogP contribution in [-0.4, -0.2) is 92.0 Å². The number of aromatic nitrogens is 1. The summed E-state index contributed by atoms with van der Waals surface area (Å²) in [4.78, 5) is 26.2. The quantitative estimate of drug-likeness (QED) is 0.176. The Balaban J connectivity index is 1.46. The lowest BCUT2D eigenvalue weighted by atomic mass is 10.0. The van der Waals surface area contributed by atoms with Crippen LogP contribution in [0.5, 0.6) is 5.75 Å². The third-order valence-electron chi connectivity index (χ3n) is 7.36. The number of hydrogen-bond acceptors (Lipinski definition) is 7. The number of carbonyl (C=O) groups excluding carboxylic acids is 2. The molecule has 3 amide bonds. The van der Waals surface area contributed by atoms with E-state index in [1.807, 2.05) is 0 Å². The lowest BCUT2D eigenvalue weighted by Crippen LogP contribution is -2.53. The highest BCUT2D eigenvalue weighted by Crippen LogP contribution is 2.41. The van der Waals surface area contributed by atoms with Crippen molar-refractivity contribution >= 4 is 46.7 Å². The Morgan fingerprint density at radius 2 is 1.96 bits per heavy atom. The predicted octanol–water partition coefficient (Wildman–Crippen LogP) is 4.98. The van der Waals surface area contributed by atoms with Crippen molar-refractivity contribution in [3.05, 3.63) is 59.8 Å². The fourth-order valence-electron chi connectivity index (χ4n) is 5.19. The third kappa shape index (κ3) is 8.14. The van der Waals surface area contributed by atoms with E-state index in [2.05, 4.69) is 21.3 Å². The van der Waals surface area contributed by atoms with Gasteiger partial charge in [-0.15, -0.1) is 0 Å². The number of rotatable bonds is 2. The van der Waals surface area contributed by atoms with Crippen LogP contribution in [0, 0.1) is 0 Å². The average Bonchev–Trinajstić information content (AvgIpc) is 3.35. The van der Waals surface area contributed by atoms with Crippen molar-refractivity contribution in [3.8, 4) is 5.75 Å². The largest absolute Gasteiger partial charge is 0.489 e. The molecule has 0 aliphatic carbocycles. The standard InChI is InChI=1S/C30H34F4N6O4S/c1-35-27(41)19-6-7-24-26(17-19)44-15-14-43-13-10-37-29(42)39-12-8-22(21(31)18-39)38-23-5-3-11-40-25(23)16-20(4-2-9-36-24)28(40)45-30(32,33)34/h2-7,11,16-17,21-22,36,38H,8-10,12-15,18H2,1H3,(H,35,41)(H,37,42)/b4-2-/t21-,22+/m0/s1. The molecule has 1 fully saturated rings. The van der Waals surface area contributed by atoms with Crippen LogP contribution in [-0.2, 0) is 4.74 Å². The van der Waals surface area contributed by atoms with E-state index in [4.69, 9.17) is 9.47 Å². The second-order valence-corrected chi connectivity index (χ2v) is 11.5. The number of carbonyl (C=O) groups is 2. The first kappa shape index (κ1) is 32.3. The van der Waals surface area contributed by atoms with E-state index in [1.165, 1.54) is 22.5 Å². The summed E-state index contributed by atoms with van der Waals surface area (Å²) < 4.78 is 69.1. The molecule has 242 valence electrons. The first-order valence-electron chi connectivity index (χ1n) is 14.4. The molecule has 1 saturated heterocycles. The molecule has 0 radical (unpaired) electrons. The number of urea groups is 1. The van der Waals surface area contributed by atoms with E-state index in [0.29, 0.717) is 46.7 Å². The van der Waals surface area contributed by atoms with E-state index in [9.17, 15) is 22.8 Å². The smallest absolute Gasteiger partial charge is 0.447 e.